The molecule has 0 aliphatic carbocycles. The van der Waals surface area contributed by atoms with E-state index < -0.39 is 10.1 Å². The topological polar surface area (TPSA) is 118 Å². The van der Waals surface area contributed by atoms with Crippen LogP contribution in [-0.2, 0) is 21.5 Å². The molecule has 2 N–H and O–H groups in total. The van der Waals surface area contributed by atoms with Gasteiger partial charge in [-0.1, -0.05) is 140 Å². The zero-order valence-corrected chi connectivity index (χ0v) is 30.1. The molecule has 0 saturated carbocycles. The van der Waals surface area contributed by atoms with Gasteiger partial charge < -0.3 is 9.88 Å². The molecule has 1 amide bonds. The Morgan fingerprint density at radius 2 is 1.31 bits per heavy atom. The van der Waals surface area contributed by atoms with E-state index in [-0.39, 0.29) is 16.6 Å². The fraction of sp³-hybridized carbons (Fsp3) is 0.475. The van der Waals surface area contributed by atoms with Crippen molar-refractivity contribution in [2.24, 2.45) is 0 Å². The van der Waals surface area contributed by atoms with Crippen LogP contribution in [0.3, 0.4) is 0 Å². The molecule has 1 aromatic heterocycles. The summed E-state index contributed by atoms with van der Waals surface area (Å²) in [5.74, 6) is -0.0566. The fourth-order valence-electron chi connectivity index (χ4n) is 6.50. The van der Waals surface area contributed by atoms with Crippen LogP contribution in [0.5, 0.6) is 0 Å². The number of unbranched alkanes of at least 4 members (excludes halogenated alkanes) is 15. The largest absolute Gasteiger partial charge is 0.325 e. The van der Waals surface area contributed by atoms with E-state index in [1.807, 2.05) is 16.7 Å². The summed E-state index contributed by atoms with van der Waals surface area (Å²) in [7, 11) is -4.43. The molecule has 0 unspecified atom stereocenters. The number of rotatable bonds is 22. The Bertz CT molecular complexity index is 1770. The van der Waals surface area contributed by atoms with Gasteiger partial charge in [0.2, 0.25) is 5.91 Å². The third kappa shape index (κ3) is 11.4. The Morgan fingerprint density at radius 1 is 0.735 bits per heavy atom. The standard InChI is InChI=1S/C40H53N3O5S/c1-3-4-5-6-7-8-9-10-11-12-13-14-15-16-17-21-29-43-37-28-27-33(49(46,47)48)30-36(37)42-40(43)35-26-22-25-34(38(35)41-31(2)44)39(45)32-23-19-18-20-24-32/h18-20,22-28,30H,3-17,21,29H2,1-2H3,(H,41,44)(H,46,47,48). The molecule has 1 heterocycles. The Labute approximate surface area is 292 Å². The highest BCUT2D eigenvalue weighted by Crippen LogP contribution is 2.35. The van der Waals surface area contributed by atoms with Gasteiger partial charge in [0.1, 0.15) is 5.82 Å². The van der Waals surface area contributed by atoms with Crippen molar-refractivity contribution in [3.63, 3.8) is 0 Å². The van der Waals surface area contributed by atoms with Gasteiger partial charge in [0.05, 0.1) is 21.6 Å². The highest BCUT2D eigenvalue weighted by molar-refractivity contribution is 7.85. The summed E-state index contributed by atoms with van der Waals surface area (Å²) in [5.41, 5.74) is 2.83. The van der Waals surface area contributed by atoms with E-state index in [4.69, 9.17) is 4.98 Å². The Hall–Kier alpha value is -3.82. The number of para-hydroxylation sites is 1. The molecule has 3 aromatic carbocycles. The predicted molar refractivity (Wildman–Crippen MR) is 199 cm³/mol. The molecule has 0 bridgehead atoms. The van der Waals surface area contributed by atoms with Crippen LogP contribution >= 0.6 is 0 Å². The number of carbonyl (C=O) groups is 2. The molecule has 0 aliphatic rings. The average Bonchev–Trinajstić information content (AvgIpc) is 3.45. The average molecular weight is 688 g/mol. The Balaban J connectivity index is 1.43. The van der Waals surface area contributed by atoms with Gasteiger partial charge in [-0.05, 0) is 36.8 Å². The van der Waals surface area contributed by atoms with Gasteiger partial charge in [-0.15, -0.1) is 0 Å². The molecular formula is C40H53N3O5S. The number of nitrogens with zero attached hydrogens (tertiary/aromatic N) is 2. The van der Waals surface area contributed by atoms with Crippen molar-refractivity contribution in [2.45, 2.75) is 128 Å². The van der Waals surface area contributed by atoms with E-state index >= 15 is 0 Å². The number of aryl methyl sites for hydroxylation is 1. The number of nitrogens with one attached hydrogen (secondary N) is 1. The van der Waals surface area contributed by atoms with E-state index in [2.05, 4.69) is 12.2 Å². The van der Waals surface area contributed by atoms with Crippen molar-refractivity contribution in [1.29, 1.82) is 0 Å². The lowest BCUT2D eigenvalue weighted by atomic mass is 9.98. The SMILES string of the molecule is CCCCCCCCCCCCCCCCCCn1c(-c2cccc(C(=O)c3ccccc3)c2NC(C)=O)nc2cc(S(=O)(=O)O)ccc21. The molecule has 264 valence electrons. The number of ketones is 1. The van der Waals surface area contributed by atoms with Crippen molar-refractivity contribution in [3.05, 3.63) is 77.9 Å². The highest BCUT2D eigenvalue weighted by Gasteiger charge is 2.23. The molecule has 4 rings (SSSR count). The molecule has 0 atom stereocenters. The number of carbonyl (C=O) groups excluding carboxylic acids is 2. The van der Waals surface area contributed by atoms with Gasteiger partial charge in [0.15, 0.2) is 5.78 Å². The highest BCUT2D eigenvalue weighted by atomic mass is 32.2. The van der Waals surface area contributed by atoms with Crippen LogP contribution in [0.4, 0.5) is 5.69 Å². The molecular weight excluding hydrogens is 635 g/mol. The molecule has 0 radical (unpaired) electrons. The molecule has 9 heteroatoms. The first-order valence-electron chi connectivity index (χ1n) is 18.2. The monoisotopic (exact) mass is 687 g/mol. The van der Waals surface area contributed by atoms with E-state index in [1.165, 1.54) is 103 Å². The normalized spacial score (nSPS) is 11.7. The van der Waals surface area contributed by atoms with E-state index in [0.29, 0.717) is 45.8 Å². The first-order valence-corrected chi connectivity index (χ1v) is 19.6. The van der Waals surface area contributed by atoms with Crippen LogP contribution in [0, 0.1) is 0 Å². The second kappa shape index (κ2) is 19.4. The fourth-order valence-corrected chi connectivity index (χ4v) is 7.00. The van der Waals surface area contributed by atoms with Gasteiger partial charge >= 0.3 is 0 Å². The first kappa shape index (κ1) is 38.0. The lowest BCUT2D eigenvalue weighted by molar-refractivity contribution is -0.114. The second-order valence-electron chi connectivity index (χ2n) is 13.1. The summed E-state index contributed by atoms with van der Waals surface area (Å²) < 4.78 is 35.6. The molecule has 0 fully saturated rings. The minimum atomic E-state index is -4.43. The van der Waals surface area contributed by atoms with E-state index in [9.17, 15) is 22.6 Å². The van der Waals surface area contributed by atoms with Crippen molar-refractivity contribution in [2.75, 3.05) is 5.32 Å². The lowest BCUT2D eigenvalue weighted by Gasteiger charge is -2.16. The summed E-state index contributed by atoms with van der Waals surface area (Å²) in [6.45, 7) is 4.27. The van der Waals surface area contributed by atoms with Crippen LogP contribution in [0.1, 0.15) is 133 Å². The smallest absolute Gasteiger partial charge is 0.294 e. The third-order valence-electron chi connectivity index (χ3n) is 9.14. The molecule has 4 aromatic rings. The van der Waals surface area contributed by atoms with Crippen LogP contribution in [0.25, 0.3) is 22.4 Å². The number of aromatic nitrogens is 2. The maximum Gasteiger partial charge on any atom is 0.294 e. The van der Waals surface area contributed by atoms with Crippen molar-refractivity contribution < 1.29 is 22.6 Å². The van der Waals surface area contributed by atoms with Crippen LogP contribution < -0.4 is 5.32 Å². The van der Waals surface area contributed by atoms with Crippen LogP contribution in [0.2, 0.25) is 0 Å². The van der Waals surface area contributed by atoms with Gasteiger partial charge in [-0.3, -0.25) is 14.1 Å². The number of amides is 1. The first-order chi connectivity index (χ1) is 23.7. The Kier molecular flexibility index (Phi) is 15.0. The number of imidazole rings is 1. The molecule has 0 spiro atoms. The van der Waals surface area contributed by atoms with E-state index in [0.717, 1.165) is 19.3 Å². The van der Waals surface area contributed by atoms with Gasteiger partial charge in [0.25, 0.3) is 10.1 Å². The zero-order valence-electron chi connectivity index (χ0n) is 29.3. The maximum absolute atomic E-state index is 13.6. The Morgan fingerprint density at radius 3 is 1.86 bits per heavy atom. The summed E-state index contributed by atoms with van der Waals surface area (Å²) in [6.07, 6.45) is 20.4. The predicted octanol–water partition coefficient (Wildman–Crippen LogP) is 10.4. The minimum absolute atomic E-state index is 0.236. The van der Waals surface area contributed by atoms with Crippen molar-refractivity contribution >= 4 is 38.5 Å². The third-order valence-corrected chi connectivity index (χ3v) is 9.99. The summed E-state index contributed by atoms with van der Waals surface area (Å²) in [6, 6.07) is 18.5. The number of fused-ring (bicyclic) bond motifs is 1. The molecule has 0 saturated heterocycles. The molecule has 8 nitrogen and oxygen atoms in total. The summed E-state index contributed by atoms with van der Waals surface area (Å²) in [4.78, 5) is 30.6. The van der Waals surface area contributed by atoms with Crippen molar-refractivity contribution in [3.8, 4) is 11.4 Å². The van der Waals surface area contributed by atoms with Gasteiger partial charge in [-0.2, -0.15) is 8.42 Å². The van der Waals surface area contributed by atoms with Gasteiger partial charge in [0, 0.05) is 30.2 Å². The van der Waals surface area contributed by atoms with Crippen LogP contribution in [0.15, 0.2) is 71.6 Å². The summed E-state index contributed by atoms with van der Waals surface area (Å²) >= 11 is 0. The van der Waals surface area contributed by atoms with E-state index in [1.54, 1.807) is 42.5 Å². The lowest BCUT2D eigenvalue weighted by Crippen LogP contribution is -2.14. The quantitative estimate of drug-likeness (QED) is 0.0482. The maximum atomic E-state index is 13.6. The van der Waals surface area contributed by atoms with Gasteiger partial charge in [-0.25, -0.2) is 4.98 Å². The number of benzene rings is 3. The zero-order chi connectivity index (χ0) is 35.1. The number of hydrogen-bond acceptors (Lipinski definition) is 5. The van der Waals surface area contributed by atoms with Crippen LogP contribution in [-0.4, -0.2) is 34.2 Å². The van der Waals surface area contributed by atoms with Crippen molar-refractivity contribution in [1.82, 2.24) is 9.55 Å². The molecule has 49 heavy (non-hydrogen) atoms. The number of hydrogen-bond donors (Lipinski definition) is 2. The minimum Gasteiger partial charge on any atom is -0.325 e. The second-order valence-corrected chi connectivity index (χ2v) is 14.5. The summed E-state index contributed by atoms with van der Waals surface area (Å²) in [5, 5.41) is 2.87. The number of anilines is 1. The molecule has 0 aliphatic heterocycles.